The van der Waals surface area contributed by atoms with Gasteiger partial charge in [-0.2, -0.15) is 0 Å². The lowest BCUT2D eigenvalue weighted by molar-refractivity contribution is 0.0697. The Morgan fingerprint density at radius 2 is 1.91 bits per heavy atom. The van der Waals surface area contributed by atoms with Crippen molar-refractivity contribution >= 4 is 16.9 Å². The molecule has 2 heterocycles. The lowest BCUT2D eigenvalue weighted by atomic mass is 10.1. The average Bonchev–Trinajstić information content (AvgIpc) is 2.99. The molecule has 1 saturated heterocycles. The second-order valence-electron chi connectivity index (χ2n) is 5.50. The summed E-state index contributed by atoms with van der Waals surface area (Å²) in [6.07, 6.45) is 2.31. The molecular formula is C15H17N3O4. The van der Waals surface area contributed by atoms with Gasteiger partial charge in [0.2, 0.25) is 0 Å². The van der Waals surface area contributed by atoms with E-state index < -0.39 is 11.7 Å². The van der Waals surface area contributed by atoms with E-state index in [9.17, 15) is 14.4 Å². The van der Waals surface area contributed by atoms with Crippen LogP contribution in [0, 0.1) is 0 Å². The number of aromatic amines is 1. The molecule has 1 aromatic carbocycles. The minimum atomic E-state index is -1.10. The van der Waals surface area contributed by atoms with E-state index in [0.29, 0.717) is 18.5 Å². The Labute approximate surface area is 125 Å². The maximum atomic E-state index is 12.4. The monoisotopic (exact) mass is 303 g/mol. The Kier molecular flexibility index (Phi) is 3.81. The van der Waals surface area contributed by atoms with Crippen molar-refractivity contribution in [2.75, 3.05) is 19.6 Å². The zero-order chi connectivity index (χ0) is 15.7. The summed E-state index contributed by atoms with van der Waals surface area (Å²) in [5.41, 5.74) is -0.584. The van der Waals surface area contributed by atoms with Crippen LogP contribution in [-0.4, -0.2) is 45.2 Å². The second-order valence-corrected chi connectivity index (χ2v) is 5.50. The van der Waals surface area contributed by atoms with E-state index in [0.717, 1.165) is 25.9 Å². The zero-order valence-electron chi connectivity index (χ0n) is 12.0. The topological polar surface area (TPSA) is 95.4 Å². The standard InChI is InChI=1S/C15H17N3O4/c19-13-11-4-3-10(14(20)21)9-12(11)16-15(22)18(13)8-7-17-5-1-2-6-17/h3-4,9H,1-2,5-8H2,(H,16,22)(H,20,21). The van der Waals surface area contributed by atoms with Crippen LogP contribution < -0.4 is 11.2 Å². The molecule has 0 spiro atoms. The molecule has 7 nitrogen and oxygen atoms in total. The summed E-state index contributed by atoms with van der Waals surface area (Å²) in [4.78, 5) is 40.3. The molecule has 22 heavy (non-hydrogen) atoms. The van der Waals surface area contributed by atoms with Crippen molar-refractivity contribution in [3.63, 3.8) is 0 Å². The smallest absolute Gasteiger partial charge is 0.335 e. The van der Waals surface area contributed by atoms with Crippen molar-refractivity contribution in [2.45, 2.75) is 19.4 Å². The Balaban J connectivity index is 1.97. The Morgan fingerprint density at radius 3 is 2.59 bits per heavy atom. The summed E-state index contributed by atoms with van der Waals surface area (Å²) in [5.74, 6) is -1.10. The predicted octanol–water partition coefficient (Wildman–Crippen LogP) is 0.484. The summed E-state index contributed by atoms with van der Waals surface area (Å²) in [6, 6.07) is 4.13. The van der Waals surface area contributed by atoms with Gasteiger partial charge in [0, 0.05) is 13.1 Å². The van der Waals surface area contributed by atoms with Crippen molar-refractivity contribution in [1.29, 1.82) is 0 Å². The summed E-state index contributed by atoms with van der Waals surface area (Å²) in [5, 5.41) is 9.29. The zero-order valence-corrected chi connectivity index (χ0v) is 12.0. The third kappa shape index (κ3) is 2.67. The van der Waals surface area contributed by atoms with E-state index in [1.807, 2.05) is 0 Å². The number of rotatable bonds is 4. The van der Waals surface area contributed by atoms with Gasteiger partial charge in [-0.3, -0.25) is 9.36 Å². The van der Waals surface area contributed by atoms with Crippen LogP contribution in [0.3, 0.4) is 0 Å². The van der Waals surface area contributed by atoms with Crippen LogP contribution in [0.15, 0.2) is 27.8 Å². The van der Waals surface area contributed by atoms with Gasteiger partial charge in [0.05, 0.1) is 16.5 Å². The fourth-order valence-corrected chi connectivity index (χ4v) is 2.84. The van der Waals surface area contributed by atoms with E-state index in [-0.39, 0.29) is 16.6 Å². The number of carboxylic acids is 1. The minimum absolute atomic E-state index is 0.0392. The number of benzene rings is 1. The summed E-state index contributed by atoms with van der Waals surface area (Å²) < 4.78 is 1.18. The van der Waals surface area contributed by atoms with Gasteiger partial charge in [-0.25, -0.2) is 9.59 Å². The van der Waals surface area contributed by atoms with Crippen LogP contribution in [0.4, 0.5) is 0 Å². The van der Waals surface area contributed by atoms with E-state index in [1.54, 1.807) is 0 Å². The number of aromatic carboxylic acids is 1. The first-order valence-electron chi connectivity index (χ1n) is 7.29. The van der Waals surface area contributed by atoms with Crippen molar-refractivity contribution < 1.29 is 9.90 Å². The molecule has 1 fully saturated rings. The van der Waals surface area contributed by atoms with Crippen LogP contribution >= 0.6 is 0 Å². The first-order chi connectivity index (χ1) is 10.6. The lowest BCUT2D eigenvalue weighted by Crippen LogP contribution is -2.38. The highest BCUT2D eigenvalue weighted by Crippen LogP contribution is 2.09. The highest BCUT2D eigenvalue weighted by Gasteiger charge is 2.14. The molecule has 1 aliphatic heterocycles. The van der Waals surface area contributed by atoms with E-state index in [2.05, 4.69) is 9.88 Å². The molecule has 1 aliphatic rings. The van der Waals surface area contributed by atoms with Crippen LogP contribution in [0.5, 0.6) is 0 Å². The SMILES string of the molecule is O=C(O)c1ccc2c(=O)n(CCN3CCCC3)c(=O)[nH]c2c1. The quantitative estimate of drug-likeness (QED) is 0.857. The van der Waals surface area contributed by atoms with Crippen molar-refractivity contribution in [3.8, 4) is 0 Å². The molecular weight excluding hydrogens is 286 g/mol. The Morgan fingerprint density at radius 1 is 1.18 bits per heavy atom. The molecule has 0 radical (unpaired) electrons. The molecule has 7 heteroatoms. The van der Waals surface area contributed by atoms with Gasteiger partial charge in [0.1, 0.15) is 0 Å². The molecule has 2 N–H and O–H groups in total. The number of nitrogens with zero attached hydrogens (tertiary/aromatic N) is 2. The van der Waals surface area contributed by atoms with Gasteiger partial charge < -0.3 is 15.0 Å². The normalized spacial score (nSPS) is 15.5. The van der Waals surface area contributed by atoms with Crippen LogP contribution in [0.2, 0.25) is 0 Å². The van der Waals surface area contributed by atoms with E-state index >= 15 is 0 Å². The molecule has 0 aliphatic carbocycles. The first kappa shape index (κ1) is 14.5. The molecule has 0 unspecified atom stereocenters. The van der Waals surface area contributed by atoms with Crippen LogP contribution in [0.1, 0.15) is 23.2 Å². The van der Waals surface area contributed by atoms with Crippen molar-refractivity contribution in [2.24, 2.45) is 0 Å². The molecule has 3 rings (SSSR count). The number of fused-ring (bicyclic) bond motifs is 1. The van der Waals surface area contributed by atoms with Gasteiger partial charge in [-0.15, -0.1) is 0 Å². The lowest BCUT2D eigenvalue weighted by Gasteiger charge is -2.15. The number of carboxylic acid groups (broad SMARTS) is 1. The van der Waals surface area contributed by atoms with E-state index in [4.69, 9.17) is 5.11 Å². The molecule has 1 aromatic heterocycles. The van der Waals surface area contributed by atoms with Crippen molar-refractivity contribution in [3.05, 3.63) is 44.6 Å². The molecule has 0 saturated carbocycles. The number of H-pyrrole nitrogens is 1. The molecule has 0 amide bonds. The highest BCUT2D eigenvalue weighted by molar-refractivity contribution is 5.92. The molecule has 0 atom stereocenters. The number of aromatic nitrogens is 2. The molecule has 2 aromatic rings. The molecule has 0 bridgehead atoms. The number of hydrogen-bond acceptors (Lipinski definition) is 4. The van der Waals surface area contributed by atoms with E-state index in [1.165, 1.54) is 22.8 Å². The predicted molar refractivity (Wildman–Crippen MR) is 81.5 cm³/mol. The fraction of sp³-hybridized carbons (Fsp3) is 0.400. The second kappa shape index (κ2) is 5.76. The van der Waals surface area contributed by atoms with Gasteiger partial charge >= 0.3 is 11.7 Å². The third-order valence-electron chi connectivity index (χ3n) is 4.07. The fourth-order valence-electron chi connectivity index (χ4n) is 2.84. The van der Waals surface area contributed by atoms with Gasteiger partial charge in [0.25, 0.3) is 5.56 Å². The number of carbonyl (C=O) groups is 1. The average molecular weight is 303 g/mol. The number of nitrogens with one attached hydrogen (secondary N) is 1. The molecule has 116 valence electrons. The minimum Gasteiger partial charge on any atom is -0.478 e. The number of hydrogen-bond donors (Lipinski definition) is 2. The highest BCUT2D eigenvalue weighted by atomic mass is 16.4. The largest absolute Gasteiger partial charge is 0.478 e. The first-order valence-corrected chi connectivity index (χ1v) is 7.29. The van der Waals surface area contributed by atoms with Gasteiger partial charge in [-0.1, -0.05) is 0 Å². The van der Waals surface area contributed by atoms with Crippen LogP contribution in [0.25, 0.3) is 10.9 Å². The van der Waals surface area contributed by atoms with Crippen molar-refractivity contribution in [1.82, 2.24) is 14.5 Å². The van der Waals surface area contributed by atoms with Gasteiger partial charge in [-0.05, 0) is 44.1 Å². The Bertz CT molecular complexity index is 831. The summed E-state index contributed by atoms with van der Waals surface area (Å²) in [7, 11) is 0. The number of likely N-dealkylation sites (tertiary alicyclic amines) is 1. The summed E-state index contributed by atoms with van der Waals surface area (Å²) in [6.45, 7) is 3.01. The van der Waals surface area contributed by atoms with Crippen LogP contribution in [-0.2, 0) is 6.54 Å². The Hall–Kier alpha value is -2.41. The maximum absolute atomic E-state index is 12.4. The third-order valence-corrected chi connectivity index (χ3v) is 4.07. The summed E-state index contributed by atoms with van der Waals surface area (Å²) >= 11 is 0. The maximum Gasteiger partial charge on any atom is 0.335 e. The van der Waals surface area contributed by atoms with Gasteiger partial charge in [0.15, 0.2) is 0 Å².